The Bertz CT molecular complexity index is 955. The average molecular weight is 495 g/mol. The monoisotopic (exact) mass is 494 g/mol. The van der Waals surface area contributed by atoms with E-state index >= 15 is 0 Å². The minimum Gasteiger partial charge on any atom is -0.461 e. The normalized spacial score (nSPS) is 14.3. The van der Waals surface area contributed by atoms with E-state index < -0.39 is 29.6 Å². The molecule has 0 aliphatic heterocycles. The number of ether oxygens (including phenoxy) is 2. The van der Waals surface area contributed by atoms with Gasteiger partial charge >= 0.3 is 11.9 Å². The van der Waals surface area contributed by atoms with Crippen LogP contribution in [0.15, 0.2) is 48.5 Å². The molecule has 2 aromatic carbocycles. The summed E-state index contributed by atoms with van der Waals surface area (Å²) >= 11 is 0. The molecular formula is C32H46O4. The molecule has 0 saturated heterocycles. The number of hydrogen-bond donors (Lipinski definition) is 0. The first-order valence-electron chi connectivity index (χ1n) is 13.0. The number of carbonyl (C=O) groups is 2. The highest BCUT2D eigenvalue weighted by Crippen LogP contribution is 2.34. The summed E-state index contributed by atoms with van der Waals surface area (Å²) in [6, 6.07) is 17.2. The van der Waals surface area contributed by atoms with Gasteiger partial charge in [0, 0.05) is 5.92 Å². The lowest BCUT2D eigenvalue weighted by Crippen LogP contribution is -2.30. The highest BCUT2D eigenvalue weighted by molar-refractivity contribution is 5.80. The largest absolute Gasteiger partial charge is 0.461 e. The smallest absolute Gasteiger partial charge is 0.309 e. The second-order valence-electron chi connectivity index (χ2n) is 13.1. The summed E-state index contributed by atoms with van der Waals surface area (Å²) in [4.78, 5) is 25.2. The van der Waals surface area contributed by atoms with Crippen LogP contribution >= 0.6 is 0 Å². The van der Waals surface area contributed by atoms with E-state index in [-0.39, 0.29) is 23.2 Å². The van der Waals surface area contributed by atoms with Crippen LogP contribution in [0, 0.1) is 5.92 Å². The fraction of sp³-hybridized carbons (Fsp3) is 0.562. The van der Waals surface area contributed by atoms with Crippen LogP contribution in [0.5, 0.6) is 0 Å². The van der Waals surface area contributed by atoms with E-state index in [0.29, 0.717) is 0 Å². The first-order valence-corrected chi connectivity index (χ1v) is 13.0. The van der Waals surface area contributed by atoms with Crippen LogP contribution in [0.25, 0.3) is 0 Å². The van der Waals surface area contributed by atoms with E-state index in [4.69, 9.17) is 9.47 Å². The molecule has 198 valence electrons. The molecule has 2 aromatic rings. The predicted octanol–water partition coefficient (Wildman–Crippen LogP) is 7.71. The van der Waals surface area contributed by atoms with Gasteiger partial charge in [-0.3, -0.25) is 9.59 Å². The number of benzene rings is 2. The fourth-order valence-corrected chi connectivity index (χ4v) is 4.20. The van der Waals surface area contributed by atoms with Gasteiger partial charge in [0.25, 0.3) is 0 Å². The van der Waals surface area contributed by atoms with Crippen LogP contribution in [0.3, 0.4) is 0 Å². The Morgan fingerprint density at radius 2 is 1.08 bits per heavy atom. The van der Waals surface area contributed by atoms with Crippen molar-refractivity contribution in [1.29, 1.82) is 0 Å². The lowest BCUT2D eigenvalue weighted by atomic mass is 9.81. The Labute approximate surface area is 218 Å². The van der Waals surface area contributed by atoms with Crippen LogP contribution in [0.2, 0.25) is 0 Å². The van der Waals surface area contributed by atoms with Crippen LogP contribution in [-0.2, 0) is 29.9 Å². The predicted molar refractivity (Wildman–Crippen MR) is 147 cm³/mol. The molecule has 0 aliphatic carbocycles. The Morgan fingerprint density at radius 3 is 1.42 bits per heavy atom. The fourth-order valence-electron chi connectivity index (χ4n) is 4.20. The highest BCUT2D eigenvalue weighted by Gasteiger charge is 2.29. The maximum Gasteiger partial charge on any atom is 0.309 e. The average Bonchev–Trinajstić information content (AvgIpc) is 2.72. The van der Waals surface area contributed by atoms with Crippen molar-refractivity contribution in [1.82, 2.24) is 0 Å². The van der Waals surface area contributed by atoms with Crippen molar-refractivity contribution < 1.29 is 19.1 Å². The van der Waals surface area contributed by atoms with Crippen molar-refractivity contribution in [3.05, 3.63) is 70.8 Å². The number of carbonyl (C=O) groups excluding carboxylic acids is 2. The molecule has 0 aromatic heterocycles. The van der Waals surface area contributed by atoms with Crippen molar-refractivity contribution in [2.45, 2.75) is 111 Å². The maximum absolute atomic E-state index is 13.0. The van der Waals surface area contributed by atoms with Gasteiger partial charge in [0.05, 0.1) is 12.3 Å². The molecule has 2 rings (SSSR count). The zero-order valence-electron chi connectivity index (χ0n) is 24.2. The summed E-state index contributed by atoms with van der Waals surface area (Å²) in [5.74, 6) is -1.51. The van der Waals surface area contributed by atoms with Crippen molar-refractivity contribution in [2.24, 2.45) is 5.92 Å². The summed E-state index contributed by atoms with van der Waals surface area (Å²) in [6.07, 6.45) is -0.423. The maximum atomic E-state index is 13.0. The highest BCUT2D eigenvalue weighted by atomic mass is 16.6. The van der Waals surface area contributed by atoms with Gasteiger partial charge in [0.2, 0.25) is 0 Å². The molecule has 2 atom stereocenters. The van der Waals surface area contributed by atoms with Gasteiger partial charge in [-0.05, 0) is 60.8 Å². The molecule has 4 heteroatoms. The second kappa shape index (κ2) is 11.2. The Morgan fingerprint density at radius 1 is 0.694 bits per heavy atom. The molecule has 0 heterocycles. The molecule has 0 radical (unpaired) electrons. The van der Waals surface area contributed by atoms with Crippen LogP contribution in [-0.4, -0.2) is 23.6 Å². The minimum atomic E-state index is -0.588. The number of rotatable bonds is 7. The third kappa shape index (κ3) is 8.50. The van der Waals surface area contributed by atoms with Gasteiger partial charge in [-0.15, -0.1) is 0 Å². The van der Waals surface area contributed by atoms with Crippen LogP contribution < -0.4 is 0 Å². The quantitative estimate of drug-likeness (QED) is 0.370. The molecule has 0 fully saturated rings. The zero-order valence-corrected chi connectivity index (χ0v) is 24.2. The lowest BCUT2D eigenvalue weighted by molar-refractivity contribution is -0.163. The summed E-state index contributed by atoms with van der Waals surface area (Å²) in [6.45, 7) is 22.3. The SMILES string of the molecule is C[C@H](CC(=O)OC(C)(C)C)C(=O)O[C@@H](C)C(c1ccc(C(C)(C)C)cc1)c1ccc(C(C)(C)C)cc1. The van der Waals surface area contributed by atoms with Crippen molar-refractivity contribution in [3.8, 4) is 0 Å². The number of esters is 2. The van der Waals surface area contributed by atoms with E-state index in [0.717, 1.165) is 11.1 Å². The standard InChI is InChI=1S/C32H46O4/c1-21(20-27(33)36-32(9,10)11)29(34)35-22(2)28(23-12-16-25(17-13-23)30(3,4)5)24-14-18-26(19-15-24)31(6,7)8/h12-19,21-22,28H,20H2,1-11H3/t21-,22+/m1/s1. The Balaban J connectivity index is 2.32. The molecule has 0 saturated carbocycles. The molecule has 0 spiro atoms. The first kappa shape index (κ1) is 29.6. The van der Waals surface area contributed by atoms with Gasteiger partial charge in [-0.2, -0.15) is 0 Å². The lowest BCUT2D eigenvalue weighted by Gasteiger charge is -2.28. The molecule has 36 heavy (non-hydrogen) atoms. The van der Waals surface area contributed by atoms with Gasteiger partial charge < -0.3 is 9.47 Å². The Kier molecular flexibility index (Phi) is 9.20. The Hall–Kier alpha value is -2.62. The molecule has 0 N–H and O–H groups in total. The van der Waals surface area contributed by atoms with Gasteiger partial charge in [0.15, 0.2) is 0 Å². The van der Waals surface area contributed by atoms with E-state index in [1.807, 2.05) is 27.7 Å². The molecule has 0 unspecified atom stereocenters. The van der Waals surface area contributed by atoms with Crippen molar-refractivity contribution >= 4 is 11.9 Å². The summed E-state index contributed by atoms with van der Waals surface area (Å²) in [5, 5.41) is 0. The van der Waals surface area contributed by atoms with E-state index in [1.54, 1.807) is 6.92 Å². The third-order valence-corrected chi connectivity index (χ3v) is 6.34. The minimum absolute atomic E-state index is 0.00590. The first-order chi connectivity index (χ1) is 16.4. The van der Waals surface area contributed by atoms with Crippen molar-refractivity contribution in [3.63, 3.8) is 0 Å². The van der Waals surface area contributed by atoms with Gasteiger partial charge in [0.1, 0.15) is 11.7 Å². The van der Waals surface area contributed by atoms with Crippen LogP contribution in [0.4, 0.5) is 0 Å². The molecule has 4 nitrogen and oxygen atoms in total. The van der Waals surface area contributed by atoms with Crippen molar-refractivity contribution in [2.75, 3.05) is 0 Å². The third-order valence-electron chi connectivity index (χ3n) is 6.34. The molecule has 0 aliphatic rings. The van der Waals surface area contributed by atoms with Gasteiger partial charge in [-0.1, -0.05) is 97.0 Å². The molecule has 0 amide bonds. The summed E-state index contributed by atoms with van der Waals surface area (Å²) in [7, 11) is 0. The summed E-state index contributed by atoms with van der Waals surface area (Å²) in [5.41, 5.74) is 4.21. The topological polar surface area (TPSA) is 52.6 Å². The number of hydrogen-bond acceptors (Lipinski definition) is 4. The second-order valence-corrected chi connectivity index (χ2v) is 13.1. The zero-order chi connectivity index (χ0) is 27.5. The van der Waals surface area contributed by atoms with E-state index in [1.165, 1.54) is 11.1 Å². The van der Waals surface area contributed by atoms with E-state index in [9.17, 15) is 9.59 Å². The molecule has 0 bridgehead atoms. The molecular weight excluding hydrogens is 448 g/mol. The van der Waals surface area contributed by atoms with Gasteiger partial charge in [-0.25, -0.2) is 0 Å². The van der Waals surface area contributed by atoms with E-state index in [2.05, 4.69) is 90.1 Å². The summed E-state index contributed by atoms with van der Waals surface area (Å²) < 4.78 is 11.3. The van der Waals surface area contributed by atoms with Crippen LogP contribution in [0.1, 0.15) is 111 Å².